The van der Waals surface area contributed by atoms with Crippen LogP contribution in [-0.2, 0) is 4.79 Å². The number of hydrogen-bond donors (Lipinski definition) is 1. The maximum absolute atomic E-state index is 13.7. The summed E-state index contributed by atoms with van der Waals surface area (Å²) >= 11 is 0. The standard InChI is InChI=1S/C12H11F3N2O3/c13-6-12(15)4-3-10(16-11(12)18)8-5-7(17(19)20)1-2-9(8)14/h1-2,5,10H,3-4,6H2,(H,16,18). The van der Waals surface area contributed by atoms with E-state index in [9.17, 15) is 28.1 Å². The van der Waals surface area contributed by atoms with Crippen LogP contribution >= 0.6 is 0 Å². The molecule has 2 atom stereocenters. The first kappa shape index (κ1) is 14.3. The van der Waals surface area contributed by atoms with Crippen molar-refractivity contribution < 1.29 is 22.9 Å². The Morgan fingerprint density at radius 2 is 2.20 bits per heavy atom. The third kappa shape index (κ3) is 2.45. The van der Waals surface area contributed by atoms with E-state index in [0.717, 1.165) is 18.2 Å². The predicted molar refractivity (Wildman–Crippen MR) is 63.0 cm³/mol. The molecule has 1 amide bonds. The Kier molecular flexibility index (Phi) is 3.65. The van der Waals surface area contributed by atoms with E-state index in [-0.39, 0.29) is 17.7 Å². The van der Waals surface area contributed by atoms with Gasteiger partial charge in [0.2, 0.25) is 5.67 Å². The topological polar surface area (TPSA) is 72.2 Å². The molecule has 2 rings (SSSR count). The largest absolute Gasteiger partial charge is 0.346 e. The normalized spacial score (nSPS) is 26.1. The Morgan fingerprint density at radius 3 is 2.75 bits per heavy atom. The van der Waals surface area contributed by atoms with Crippen molar-refractivity contribution in [3.8, 4) is 0 Å². The average molecular weight is 288 g/mol. The van der Waals surface area contributed by atoms with Gasteiger partial charge in [-0.1, -0.05) is 0 Å². The van der Waals surface area contributed by atoms with Crippen LogP contribution in [0.25, 0.3) is 0 Å². The fourth-order valence-corrected chi connectivity index (χ4v) is 2.12. The molecule has 1 aromatic rings. The van der Waals surface area contributed by atoms with Crippen LogP contribution in [0.15, 0.2) is 18.2 Å². The van der Waals surface area contributed by atoms with Crippen LogP contribution in [0.1, 0.15) is 24.4 Å². The van der Waals surface area contributed by atoms with Gasteiger partial charge in [0, 0.05) is 17.7 Å². The lowest BCUT2D eigenvalue weighted by Crippen LogP contribution is -2.51. The SMILES string of the molecule is O=C1NC(c2cc([N+](=O)[O-])ccc2F)CCC1(F)CF. The Labute approximate surface area is 111 Å². The fourth-order valence-electron chi connectivity index (χ4n) is 2.12. The van der Waals surface area contributed by atoms with E-state index in [1.807, 2.05) is 0 Å². The summed E-state index contributed by atoms with van der Waals surface area (Å²) in [5.74, 6) is -1.91. The number of nitrogens with one attached hydrogen (secondary N) is 1. The first-order valence-corrected chi connectivity index (χ1v) is 5.87. The molecule has 0 saturated carbocycles. The van der Waals surface area contributed by atoms with Gasteiger partial charge in [-0.15, -0.1) is 0 Å². The number of carbonyl (C=O) groups is 1. The molecule has 1 saturated heterocycles. The van der Waals surface area contributed by atoms with Crippen LogP contribution in [0.5, 0.6) is 0 Å². The first-order chi connectivity index (χ1) is 9.37. The third-order valence-electron chi connectivity index (χ3n) is 3.32. The Balaban J connectivity index is 2.28. The Morgan fingerprint density at radius 1 is 1.50 bits per heavy atom. The molecule has 1 aliphatic heterocycles. The van der Waals surface area contributed by atoms with Crippen LogP contribution in [0.3, 0.4) is 0 Å². The molecule has 20 heavy (non-hydrogen) atoms. The van der Waals surface area contributed by atoms with E-state index in [1.54, 1.807) is 0 Å². The van der Waals surface area contributed by atoms with Crippen molar-refractivity contribution in [3.05, 3.63) is 39.7 Å². The van der Waals surface area contributed by atoms with Crippen molar-refractivity contribution in [2.75, 3.05) is 6.67 Å². The summed E-state index contributed by atoms with van der Waals surface area (Å²) in [6.07, 6.45) is -0.438. The minimum Gasteiger partial charge on any atom is -0.346 e. The first-order valence-electron chi connectivity index (χ1n) is 5.87. The zero-order valence-electron chi connectivity index (χ0n) is 10.2. The number of halogens is 3. The number of nitro groups is 1. The summed E-state index contributed by atoms with van der Waals surface area (Å²) in [6.45, 7) is -1.46. The van der Waals surface area contributed by atoms with E-state index in [2.05, 4.69) is 5.32 Å². The highest BCUT2D eigenvalue weighted by Crippen LogP contribution is 2.34. The quantitative estimate of drug-likeness (QED) is 0.685. The van der Waals surface area contributed by atoms with Gasteiger partial charge in [0.25, 0.3) is 11.6 Å². The van der Waals surface area contributed by atoms with Crippen molar-refractivity contribution in [2.45, 2.75) is 24.6 Å². The van der Waals surface area contributed by atoms with Gasteiger partial charge in [-0.05, 0) is 18.9 Å². The number of nitrogens with zero attached hydrogens (tertiary/aromatic N) is 1. The lowest BCUT2D eigenvalue weighted by atomic mass is 9.88. The molecule has 8 heteroatoms. The van der Waals surface area contributed by atoms with Crippen LogP contribution in [0, 0.1) is 15.9 Å². The molecule has 1 aliphatic rings. The van der Waals surface area contributed by atoms with Gasteiger partial charge in [-0.2, -0.15) is 0 Å². The summed E-state index contributed by atoms with van der Waals surface area (Å²) in [4.78, 5) is 21.4. The van der Waals surface area contributed by atoms with Crippen molar-refractivity contribution in [1.82, 2.24) is 5.32 Å². The van der Waals surface area contributed by atoms with Gasteiger partial charge in [0.15, 0.2) is 0 Å². The molecule has 5 nitrogen and oxygen atoms in total. The van der Waals surface area contributed by atoms with Gasteiger partial charge < -0.3 is 5.32 Å². The Bertz CT molecular complexity index is 567. The highest BCUT2D eigenvalue weighted by atomic mass is 19.2. The molecule has 0 spiro atoms. The smallest absolute Gasteiger partial charge is 0.269 e. The predicted octanol–water partition coefficient (Wildman–Crippen LogP) is 2.36. The van der Waals surface area contributed by atoms with Crippen LogP contribution in [-0.4, -0.2) is 23.2 Å². The molecular weight excluding hydrogens is 277 g/mol. The average Bonchev–Trinajstić information content (AvgIpc) is 2.42. The van der Waals surface area contributed by atoms with Crippen molar-refractivity contribution >= 4 is 11.6 Å². The molecule has 1 N–H and O–H groups in total. The lowest BCUT2D eigenvalue weighted by Gasteiger charge is -2.32. The van der Waals surface area contributed by atoms with Crippen molar-refractivity contribution in [1.29, 1.82) is 0 Å². The third-order valence-corrected chi connectivity index (χ3v) is 3.32. The second-order valence-electron chi connectivity index (χ2n) is 4.63. The number of nitro benzene ring substituents is 1. The van der Waals surface area contributed by atoms with Crippen molar-refractivity contribution in [2.24, 2.45) is 0 Å². The molecule has 0 aromatic heterocycles. The zero-order chi connectivity index (χ0) is 14.9. The van der Waals surface area contributed by atoms with Crippen LogP contribution < -0.4 is 5.32 Å². The fraction of sp³-hybridized carbons (Fsp3) is 0.417. The van der Waals surface area contributed by atoms with Gasteiger partial charge in [0.1, 0.15) is 12.5 Å². The number of amides is 1. The molecule has 1 aromatic carbocycles. The number of benzene rings is 1. The minimum atomic E-state index is -2.60. The van der Waals surface area contributed by atoms with E-state index in [1.165, 1.54) is 0 Å². The monoisotopic (exact) mass is 288 g/mol. The highest BCUT2D eigenvalue weighted by Gasteiger charge is 2.44. The van der Waals surface area contributed by atoms with Crippen LogP contribution in [0.2, 0.25) is 0 Å². The summed E-state index contributed by atoms with van der Waals surface area (Å²) in [5, 5.41) is 12.8. The molecule has 2 unspecified atom stereocenters. The second kappa shape index (κ2) is 5.10. The number of rotatable bonds is 3. The number of alkyl halides is 2. The number of hydrogen-bond acceptors (Lipinski definition) is 3. The lowest BCUT2D eigenvalue weighted by molar-refractivity contribution is -0.385. The van der Waals surface area contributed by atoms with E-state index in [4.69, 9.17) is 0 Å². The molecule has 1 heterocycles. The minimum absolute atomic E-state index is 0.0375. The number of non-ortho nitro benzene ring substituents is 1. The van der Waals surface area contributed by atoms with Gasteiger partial charge in [0.05, 0.1) is 11.0 Å². The molecule has 0 aliphatic carbocycles. The highest BCUT2D eigenvalue weighted by molar-refractivity contribution is 5.86. The van der Waals surface area contributed by atoms with Gasteiger partial charge in [-0.25, -0.2) is 13.2 Å². The van der Waals surface area contributed by atoms with E-state index in [0.29, 0.717) is 0 Å². The molecule has 1 fully saturated rings. The van der Waals surface area contributed by atoms with E-state index < -0.39 is 41.5 Å². The molecular formula is C12H11F3N2O3. The number of piperidine rings is 1. The van der Waals surface area contributed by atoms with E-state index >= 15 is 0 Å². The van der Waals surface area contributed by atoms with Gasteiger partial charge in [-0.3, -0.25) is 14.9 Å². The summed E-state index contributed by atoms with van der Waals surface area (Å²) < 4.78 is 39.9. The molecule has 0 radical (unpaired) electrons. The van der Waals surface area contributed by atoms with Crippen molar-refractivity contribution in [3.63, 3.8) is 0 Å². The van der Waals surface area contributed by atoms with Crippen LogP contribution in [0.4, 0.5) is 18.9 Å². The maximum Gasteiger partial charge on any atom is 0.269 e. The van der Waals surface area contributed by atoms with Gasteiger partial charge >= 0.3 is 0 Å². The summed E-state index contributed by atoms with van der Waals surface area (Å²) in [7, 11) is 0. The molecule has 0 bridgehead atoms. The molecule has 108 valence electrons. The maximum atomic E-state index is 13.7. The second-order valence-corrected chi connectivity index (χ2v) is 4.63. The zero-order valence-corrected chi connectivity index (χ0v) is 10.2. The summed E-state index contributed by atoms with van der Waals surface area (Å²) in [6, 6.07) is 1.98. The number of carbonyl (C=O) groups excluding carboxylic acids is 1. The Hall–Kier alpha value is -2.12. The summed E-state index contributed by atoms with van der Waals surface area (Å²) in [5.41, 5.74) is -3.04.